The van der Waals surface area contributed by atoms with Gasteiger partial charge in [0.15, 0.2) is 5.03 Å². The average molecular weight is 727 g/mol. The smallest absolute Gasteiger partial charge is 0.261 e. The normalized spacial score (nSPS) is 14.8. The fourth-order valence-corrected chi connectivity index (χ4v) is 6.94. The van der Waals surface area contributed by atoms with Crippen LogP contribution in [-0.4, -0.2) is 75.3 Å². The van der Waals surface area contributed by atoms with Gasteiger partial charge in [0.05, 0.1) is 33.6 Å². The van der Waals surface area contributed by atoms with Crippen LogP contribution in [0.25, 0.3) is 11.3 Å². The molecule has 0 unspecified atom stereocenters. The number of nitrogens with zero attached hydrogens (tertiary/aromatic N) is 3. The van der Waals surface area contributed by atoms with Crippen molar-refractivity contribution in [2.24, 2.45) is 4.99 Å². The molecular weight excluding hydrogens is 685 g/mol. The lowest BCUT2D eigenvalue weighted by Gasteiger charge is -2.22. The molecule has 13 heteroatoms. The van der Waals surface area contributed by atoms with Crippen LogP contribution in [0.1, 0.15) is 30.7 Å². The number of sulfonamides is 1. The predicted octanol–water partition coefficient (Wildman–Crippen LogP) is 6.86. The summed E-state index contributed by atoms with van der Waals surface area (Å²) in [6.07, 6.45) is 1.21. The van der Waals surface area contributed by atoms with E-state index in [2.05, 4.69) is 15.0 Å². The van der Waals surface area contributed by atoms with E-state index in [1.807, 2.05) is 62.4 Å². The molecule has 0 bridgehead atoms. The molecule has 1 aliphatic heterocycles. The first-order valence-corrected chi connectivity index (χ1v) is 18.2. The maximum atomic E-state index is 14.1. The Kier molecular flexibility index (Phi) is 11.4. The van der Waals surface area contributed by atoms with Gasteiger partial charge in [-0.15, -0.1) is 0 Å². The van der Waals surface area contributed by atoms with E-state index in [1.54, 1.807) is 57.7 Å². The summed E-state index contributed by atoms with van der Waals surface area (Å²) in [6.45, 7) is 5.14. The average Bonchev–Trinajstić information content (AvgIpc) is 3.82. The van der Waals surface area contributed by atoms with E-state index < -0.39 is 10.0 Å². The topological polar surface area (TPSA) is 134 Å². The quantitative estimate of drug-likeness (QED) is 0.116. The lowest BCUT2D eigenvalue weighted by molar-refractivity contribution is 0.0920. The molecule has 12 nitrogen and oxygen atoms in total. The summed E-state index contributed by atoms with van der Waals surface area (Å²) in [5.41, 5.74) is 3.97. The van der Waals surface area contributed by atoms with E-state index in [9.17, 15) is 8.42 Å². The lowest BCUT2D eigenvalue weighted by atomic mass is 10.1. The highest BCUT2D eigenvalue weighted by Gasteiger charge is 2.27. The van der Waals surface area contributed by atoms with Crippen LogP contribution in [0.2, 0.25) is 0 Å². The second-order valence-corrected chi connectivity index (χ2v) is 14.2. The van der Waals surface area contributed by atoms with Crippen LogP contribution in [-0.2, 0) is 32.6 Å². The molecule has 0 saturated heterocycles. The molecule has 1 N–H and O–H groups in total. The fourth-order valence-electron chi connectivity index (χ4n) is 5.61. The molecule has 0 amide bonds. The highest BCUT2D eigenvalue weighted by molar-refractivity contribution is 7.89. The summed E-state index contributed by atoms with van der Waals surface area (Å²) < 4.78 is 63.6. The highest BCUT2D eigenvalue weighted by Crippen LogP contribution is 2.33. The zero-order chi connectivity index (χ0) is 36.7. The van der Waals surface area contributed by atoms with Gasteiger partial charge in [0.25, 0.3) is 10.0 Å². The molecule has 5 aromatic rings. The van der Waals surface area contributed by atoms with Gasteiger partial charge in [-0.05, 0) is 85.6 Å². The number of hydrogen-bond donors (Lipinski definition) is 1. The number of hydrogen-bond acceptors (Lipinski definition) is 10. The van der Waals surface area contributed by atoms with Crippen LogP contribution in [0.3, 0.4) is 0 Å². The number of ether oxygens (including phenoxy) is 6. The van der Waals surface area contributed by atoms with Crippen molar-refractivity contribution in [3.8, 4) is 40.0 Å². The molecule has 1 aliphatic rings. The summed E-state index contributed by atoms with van der Waals surface area (Å²) in [7, 11) is 0.743. The minimum atomic E-state index is -4.05. The Labute approximate surface area is 304 Å². The van der Waals surface area contributed by atoms with Gasteiger partial charge in [0, 0.05) is 37.5 Å². The molecule has 3 heterocycles. The van der Waals surface area contributed by atoms with E-state index in [0.717, 1.165) is 28.1 Å². The molecule has 0 radical (unpaired) electrons. The first-order valence-electron chi connectivity index (χ1n) is 16.7. The van der Waals surface area contributed by atoms with E-state index in [-0.39, 0.29) is 30.3 Å². The van der Waals surface area contributed by atoms with Crippen molar-refractivity contribution in [2.45, 2.75) is 44.2 Å². The lowest BCUT2D eigenvalue weighted by Crippen LogP contribution is -2.30. The Morgan fingerprint density at radius 3 is 1.98 bits per heavy atom. The number of nitrogens with one attached hydrogen (secondary N) is 1. The van der Waals surface area contributed by atoms with Crippen LogP contribution in [0.5, 0.6) is 28.7 Å². The van der Waals surface area contributed by atoms with E-state index >= 15 is 0 Å². The molecule has 52 heavy (non-hydrogen) atoms. The minimum Gasteiger partial charge on any atom is -0.497 e. The van der Waals surface area contributed by atoms with Gasteiger partial charge in [0.2, 0.25) is 5.90 Å². The Hall–Kier alpha value is -5.37. The number of rotatable bonds is 16. The van der Waals surface area contributed by atoms with Crippen LogP contribution >= 0.6 is 0 Å². The zero-order valence-electron chi connectivity index (χ0n) is 29.7. The number of aliphatic imine (C=N–C) groups is 1. The van der Waals surface area contributed by atoms with Crippen molar-refractivity contribution in [1.82, 2.24) is 14.3 Å². The van der Waals surface area contributed by atoms with Gasteiger partial charge in [0.1, 0.15) is 46.6 Å². The first kappa shape index (κ1) is 36.4. The molecule has 2 aromatic heterocycles. The van der Waals surface area contributed by atoms with E-state index in [4.69, 9.17) is 28.4 Å². The number of benzene rings is 3. The number of aromatic amines is 1. The Morgan fingerprint density at radius 2 is 1.42 bits per heavy atom. The molecule has 0 aliphatic carbocycles. The molecular formula is C39H42N4O8S. The second-order valence-electron chi connectivity index (χ2n) is 12.3. The molecule has 0 fully saturated rings. The van der Waals surface area contributed by atoms with Crippen molar-refractivity contribution in [1.29, 1.82) is 0 Å². The summed E-state index contributed by atoms with van der Waals surface area (Å²) >= 11 is 0. The van der Waals surface area contributed by atoms with E-state index in [0.29, 0.717) is 47.8 Å². The van der Waals surface area contributed by atoms with Crippen molar-refractivity contribution in [3.63, 3.8) is 0 Å². The van der Waals surface area contributed by atoms with Crippen molar-refractivity contribution >= 4 is 15.9 Å². The highest BCUT2D eigenvalue weighted by atomic mass is 32.2. The second kappa shape index (κ2) is 16.3. The SMILES string of the molecule is COC[C@H](C)Oc1cc(Oc2ccc(S(=O)(=O)N(Cc3ccc(OC)cc3)Cc3ccc(OC)cc3)nc2)cc(-c2ccc(C3=NC[C@H](C)O3)[nH]2)c1. The summed E-state index contributed by atoms with van der Waals surface area (Å²) in [5.74, 6) is 3.31. The monoisotopic (exact) mass is 726 g/mol. The summed E-state index contributed by atoms with van der Waals surface area (Å²) in [4.78, 5) is 12.2. The third kappa shape index (κ3) is 8.91. The van der Waals surface area contributed by atoms with Gasteiger partial charge >= 0.3 is 0 Å². The van der Waals surface area contributed by atoms with Crippen molar-refractivity contribution in [2.75, 3.05) is 34.5 Å². The third-order valence-electron chi connectivity index (χ3n) is 8.24. The number of H-pyrrole nitrogens is 1. The molecule has 3 aromatic carbocycles. The van der Waals surface area contributed by atoms with Gasteiger partial charge in [-0.25, -0.2) is 18.4 Å². The molecule has 272 valence electrons. The van der Waals surface area contributed by atoms with Gasteiger partial charge < -0.3 is 33.4 Å². The molecule has 0 saturated carbocycles. The standard InChI is InChI=1S/C39H42N4O8S/c1-26-21-41-39(50-26)37-16-15-36(42-37)30-18-34(49-27(2)25-46-3)20-35(19-30)51-33-14-17-38(40-22-33)52(44,45)43(23-28-6-10-31(47-4)11-7-28)24-29-8-12-32(48-5)13-9-29/h6-20,22,26-27,42H,21,23-25H2,1-5H3/t26-,27-/m0/s1. The zero-order valence-corrected chi connectivity index (χ0v) is 30.6. The fraction of sp³-hybridized carbons (Fsp3) is 0.282. The number of pyridine rings is 1. The van der Waals surface area contributed by atoms with Crippen LogP contribution in [0, 0.1) is 0 Å². The first-order chi connectivity index (χ1) is 25.1. The van der Waals surface area contributed by atoms with E-state index in [1.165, 1.54) is 16.6 Å². The predicted molar refractivity (Wildman–Crippen MR) is 197 cm³/mol. The van der Waals surface area contributed by atoms with Crippen molar-refractivity contribution in [3.05, 3.63) is 114 Å². The summed E-state index contributed by atoms with van der Waals surface area (Å²) in [6, 6.07) is 27.0. The van der Waals surface area contributed by atoms with Crippen LogP contribution in [0.15, 0.2) is 107 Å². The maximum absolute atomic E-state index is 14.1. The van der Waals surface area contributed by atoms with Crippen molar-refractivity contribution < 1.29 is 36.8 Å². The number of methoxy groups -OCH3 is 3. The largest absolute Gasteiger partial charge is 0.497 e. The van der Waals surface area contributed by atoms with Gasteiger partial charge in [-0.3, -0.25) is 0 Å². The minimum absolute atomic E-state index is 0.0285. The number of aromatic nitrogens is 2. The molecule has 0 spiro atoms. The maximum Gasteiger partial charge on any atom is 0.261 e. The Bertz CT molecular complexity index is 2030. The molecule has 6 rings (SSSR count). The van der Waals surface area contributed by atoms with Crippen LogP contribution < -0.4 is 18.9 Å². The van der Waals surface area contributed by atoms with Gasteiger partial charge in [-0.1, -0.05) is 24.3 Å². The molecule has 2 atom stereocenters. The van der Waals surface area contributed by atoms with Gasteiger partial charge in [-0.2, -0.15) is 4.31 Å². The van der Waals surface area contributed by atoms with Crippen LogP contribution in [0.4, 0.5) is 0 Å². The Morgan fingerprint density at radius 1 is 0.808 bits per heavy atom. The Balaban J connectivity index is 1.25. The third-order valence-corrected chi connectivity index (χ3v) is 9.94. The summed E-state index contributed by atoms with van der Waals surface area (Å²) in [5, 5.41) is -0.113.